The Hall–Kier alpha value is -1.55. The first-order chi connectivity index (χ1) is 6.72. The van der Waals surface area contributed by atoms with E-state index in [1.54, 1.807) is 7.11 Å². The Morgan fingerprint density at radius 2 is 2.36 bits per heavy atom. The van der Waals surface area contributed by atoms with Crippen molar-refractivity contribution in [1.82, 2.24) is 9.38 Å². The van der Waals surface area contributed by atoms with Crippen LogP contribution in [0.1, 0.15) is 18.7 Å². The van der Waals surface area contributed by atoms with E-state index < -0.39 is 0 Å². The number of nitrogens with two attached hydrogens (primary N) is 1. The van der Waals surface area contributed by atoms with Gasteiger partial charge in [0.15, 0.2) is 11.4 Å². The molecule has 2 rings (SSSR count). The average molecular weight is 191 g/mol. The quantitative estimate of drug-likeness (QED) is 0.779. The number of nitrogens with zero attached hydrogens (tertiary/aromatic N) is 2. The van der Waals surface area contributed by atoms with Crippen molar-refractivity contribution < 1.29 is 4.74 Å². The van der Waals surface area contributed by atoms with Crippen LogP contribution in [0.5, 0.6) is 5.75 Å². The molecular formula is C10H13N3O. The number of pyridine rings is 1. The number of rotatable bonds is 2. The molecule has 0 saturated carbocycles. The summed E-state index contributed by atoms with van der Waals surface area (Å²) in [5.74, 6) is 0.763. The molecule has 0 aliphatic heterocycles. The van der Waals surface area contributed by atoms with E-state index in [0.29, 0.717) is 0 Å². The molecule has 0 aliphatic rings. The van der Waals surface area contributed by atoms with E-state index in [9.17, 15) is 0 Å². The summed E-state index contributed by atoms with van der Waals surface area (Å²) in [4.78, 5) is 4.40. The highest BCUT2D eigenvalue weighted by atomic mass is 16.5. The summed E-state index contributed by atoms with van der Waals surface area (Å²) >= 11 is 0. The Labute approximate surface area is 82.3 Å². The first kappa shape index (κ1) is 9.02. The van der Waals surface area contributed by atoms with Gasteiger partial charge in [0.25, 0.3) is 0 Å². The molecule has 2 aromatic heterocycles. The summed E-state index contributed by atoms with van der Waals surface area (Å²) in [5, 5.41) is 0. The third kappa shape index (κ3) is 1.33. The number of fused-ring (bicyclic) bond motifs is 1. The summed E-state index contributed by atoms with van der Waals surface area (Å²) in [6.45, 7) is 1.91. The molecule has 1 unspecified atom stereocenters. The molecule has 0 spiro atoms. The number of imidazole rings is 1. The molecule has 0 aliphatic carbocycles. The Morgan fingerprint density at radius 3 is 3.00 bits per heavy atom. The Morgan fingerprint density at radius 1 is 1.57 bits per heavy atom. The van der Waals surface area contributed by atoms with Gasteiger partial charge in [0.2, 0.25) is 0 Å². The van der Waals surface area contributed by atoms with Gasteiger partial charge in [0.05, 0.1) is 12.8 Å². The molecule has 4 nitrogen and oxygen atoms in total. The largest absolute Gasteiger partial charge is 0.493 e. The summed E-state index contributed by atoms with van der Waals surface area (Å²) in [5.41, 5.74) is 7.43. The third-order valence-corrected chi connectivity index (χ3v) is 2.15. The monoisotopic (exact) mass is 191 g/mol. The second-order valence-electron chi connectivity index (χ2n) is 3.26. The summed E-state index contributed by atoms with van der Waals surface area (Å²) < 4.78 is 7.11. The smallest absolute Gasteiger partial charge is 0.179 e. The van der Waals surface area contributed by atoms with Crippen LogP contribution < -0.4 is 10.5 Å². The molecule has 0 amide bonds. The molecule has 74 valence electrons. The van der Waals surface area contributed by atoms with Gasteiger partial charge in [-0.1, -0.05) is 0 Å². The normalized spacial score (nSPS) is 13.1. The molecular weight excluding hydrogens is 178 g/mol. The third-order valence-electron chi connectivity index (χ3n) is 2.15. The van der Waals surface area contributed by atoms with Crippen molar-refractivity contribution in [2.75, 3.05) is 7.11 Å². The predicted octanol–water partition coefficient (Wildman–Crippen LogP) is 1.36. The molecule has 0 fully saturated rings. The van der Waals surface area contributed by atoms with Crippen LogP contribution >= 0.6 is 0 Å². The van der Waals surface area contributed by atoms with Crippen molar-refractivity contribution in [3.8, 4) is 5.75 Å². The number of aromatic nitrogens is 2. The van der Waals surface area contributed by atoms with Crippen molar-refractivity contribution in [3.63, 3.8) is 0 Å². The number of hydrogen-bond acceptors (Lipinski definition) is 3. The summed E-state index contributed by atoms with van der Waals surface area (Å²) in [7, 11) is 1.63. The predicted molar refractivity (Wildman–Crippen MR) is 54.3 cm³/mol. The van der Waals surface area contributed by atoms with Crippen molar-refractivity contribution in [2.24, 2.45) is 5.73 Å². The minimum Gasteiger partial charge on any atom is -0.493 e. The number of ether oxygens (including phenoxy) is 1. The zero-order chi connectivity index (χ0) is 10.1. The standard InChI is InChI=1S/C10H13N3O/c1-7(11)8-6-13-5-3-4-9(14-2)10(13)12-8/h3-7H,11H2,1-2H3. The highest BCUT2D eigenvalue weighted by Crippen LogP contribution is 2.19. The molecule has 14 heavy (non-hydrogen) atoms. The van der Waals surface area contributed by atoms with Crippen LogP contribution in [0, 0.1) is 0 Å². The number of hydrogen-bond donors (Lipinski definition) is 1. The fraction of sp³-hybridized carbons (Fsp3) is 0.300. The van der Waals surface area contributed by atoms with E-state index in [1.165, 1.54) is 0 Å². The maximum atomic E-state index is 5.75. The molecule has 1 atom stereocenters. The SMILES string of the molecule is COc1cccn2cc(C(C)N)nc12. The molecule has 0 radical (unpaired) electrons. The van der Waals surface area contributed by atoms with Gasteiger partial charge in [-0.3, -0.25) is 0 Å². The lowest BCUT2D eigenvalue weighted by Gasteiger charge is -1.99. The molecule has 2 aromatic rings. The summed E-state index contributed by atoms with van der Waals surface area (Å²) in [6.07, 6.45) is 3.85. The van der Waals surface area contributed by atoms with Crippen LogP contribution in [0.15, 0.2) is 24.5 Å². The van der Waals surface area contributed by atoms with Crippen LogP contribution in [0.3, 0.4) is 0 Å². The first-order valence-corrected chi connectivity index (χ1v) is 4.49. The van der Waals surface area contributed by atoms with Gasteiger partial charge < -0.3 is 14.9 Å². The van der Waals surface area contributed by atoms with Gasteiger partial charge in [-0.2, -0.15) is 0 Å². The van der Waals surface area contributed by atoms with Crippen LogP contribution in [0.25, 0.3) is 5.65 Å². The first-order valence-electron chi connectivity index (χ1n) is 4.49. The van der Waals surface area contributed by atoms with E-state index in [-0.39, 0.29) is 6.04 Å². The molecule has 4 heteroatoms. The second-order valence-corrected chi connectivity index (χ2v) is 3.26. The van der Waals surface area contributed by atoms with Gasteiger partial charge in [-0.25, -0.2) is 4.98 Å². The van der Waals surface area contributed by atoms with Crippen LogP contribution in [0.2, 0.25) is 0 Å². The zero-order valence-electron chi connectivity index (χ0n) is 8.27. The van der Waals surface area contributed by atoms with Gasteiger partial charge in [-0.05, 0) is 19.1 Å². The molecule has 0 aromatic carbocycles. The van der Waals surface area contributed by atoms with Gasteiger partial charge in [0.1, 0.15) is 0 Å². The van der Waals surface area contributed by atoms with Gasteiger partial charge in [-0.15, -0.1) is 0 Å². The summed E-state index contributed by atoms with van der Waals surface area (Å²) in [6, 6.07) is 3.74. The van der Waals surface area contributed by atoms with E-state index in [2.05, 4.69) is 4.98 Å². The van der Waals surface area contributed by atoms with Crippen LogP contribution in [-0.2, 0) is 0 Å². The molecule has 2 heterocycles. The minimum atomic E-state index is -0.0559. The Kier molecular flexibility index (Phi) is 2.13. The van der Waals surface area contributed by atoms with Crippen molar-refractivity contribution in [1.29, 1.82) is 0 Å². The van der Waals surface area contributed by atoms with Crippen molar-refractivity contribution in [3.05, 3.63) is 30.2 Å². The van der Waals surface area contributed by atoms with E-state index in [1.807, 2.05) is 35.9 Å². The van der Waals surface area contributed by atoms with Crippen LogP contribution in [-0.4, -0.2) is 16.5 Å². The zero-order valence-corrected chi connectivity index (χ0v) is 8.27. The second kappa shape index (κ2) is 3.31. The van der Waals surface area contributed by atoms with Crippen molar-refractivity contribution in [2.45, 2.75) is 13.0 Å². The van der Waals surface area contributed by atoms with Gasteiger partial charge in [0, 0.05) is 18.4 Å². The van der Waals surface area contributed by atoms with E-state index in [4.69, 9.17) is 10.5 Å². The minimum absolute atomic E-state index is 0.0559. The lowest BCUT2D eigenvalue weighted by atomic mass is 10.3. The molecule has 2 N–H and O–H groups in total. The lowest BCUT2D eigenvalue weighted by Crippen LogP contribution is -2.04. The lowest BCUT2D eigenvalue weighted by molar-refractivity contribution is 0.417. The highest BCUT2D eigenvalue weighted by molar-refractivity contribution is 5.54. The molecule has 0 saturated heterocycles. The highest BCUT2D eigenvalue weighted by Gasteiger charge is 2.08. The molecule has 0 bridgehead atoms. The fourth-order valence-corrected chi connectivity index (χ4v) is 1.38. The Bertz CT molecular complexity index is 448. The maximum Gasteiger partial charge on any atom is 0.179 e. The fourth-order valence-electron chi connectivity index (χ4n) is 1.38. The van der Waals surface area contributed by atoms with Gasteiger partial charge >= 0.3 is 0 Å². The van der Waals surface area contributed by atoms with E-state index >= 15 is 0 Å². The van der Waals surface area contributed by atoms with Crippen LogP contribution in [0.4, 0.5) is 0 Å². The number of methoxy groups -OCH3 is 1. The maximum absolute atomic E-state index is 5.75. The average Bonchev–Trinajstić information content (AvgIpc) is 2.60. The van der Waals surface area contributed by atoms with E-state index in [0.717, 1.165) is 17.1 Å². The Balaban J connectivity index is 2.64. The topological polar surface area (TPSA) is 52.5 Å². The van der Waals surface area contributed by atoms with Crippen molar-refractivity contribution >= 4 is 5.65 Å².